The van der Waals surface area contributed by atoms with Gasteiger partial charge in [0.25, 0.3) is 0 Å². The van der Waals surface area contributed by atoms with E-state index < -0.39 is 10.0 Å². The molecule has 108 valence electrons. The fourth-order valence-corrected chi connectivity index (χ4v) is 4.90. The molecule has 1 aliphatic heterocycles. The molecule has 0 radical (unpaired) electrons. The maximum Gasteiger partial charge on any atom is 0.244 e. The number of aromatic nitrogens is 1. The Morgan fingerprint density at radius 2 is 2.25 bits per heavy atom. The molecule has 3 heterocycles. The minimum atomic E-state index is -3.43. The number of thiophene rings is 1. The van der Waals surface area contributed by atoms with Crippen molar-refractivity contribution in [3.63, 3.8) is 0 Å². The molecular formula is C13H17N3O2S2. The molecule has 7 heteroatoms. The summed E-state index contributed by atoms with van der Waals surface area (Å²) in [6.07, 6.45) is 2.43. The van der Waals surface area contributed by atoms with Crippen LogP contribution in [0.1, 0.15) is 16.1 Å². The fraction of sp³-hybridized carbons (Fsp3) is 0.385. The van der Waals surface area contributed by atoms with Crippen molar-refractivity contribution in [2.24, 2.45) is 12.8 Å². The summed E-state index contributed by atoms with van der Waals surface area (Å²) in [6, 6.07) is 3.68. The first-order valence-corrected chi connectivity index (χ1v) is 8.75. The number of aryl methyl sites for hydroxylation is 1. The lowest BCUT2D eigenvalue weighted by atomic mass is 10.1. The van der Waals surface area contributed by atoms with E-state index in [1.807, 2.05) is 18.5 Å². The summed E-state index contributed by atoms with van der Waals surface area (Å²) in [4.78, 5) is 1.63. The third-order valence-corrected chi connectivity index (χ3v) is 6.54. The lowest BCUT2D eigenvalue weighted by Gasteiger charge is -2.25. The molecule has 0 spiro atoms. The van der Waals surface area contributed by atoms with Crippen LogP contribution in [0.25, 0.3) is 0 Å². The highest BCUT2D eigenvalue weighted by Gasteiger charge is 2.29. The van der Waals surface area contributed by atoms with Crippen LogP contribution in [0.3, 0.4) is 0 Å². The molecule has 0 aliphatic carbocycles. The zero-order valence-electron chi connectivity index (χ0n) is 11.2. The van der Waals surface area contributed by atoms with E-state index >= 15 is 0 Å². The number of sulfonamides is 1. The predicted molar refractivity (Wildman–Crippen MR) is 78.9 cm³/mol. The second-order valence-electron chi connectivity index (χ2n) is 4.94. The Morgan fingerprint density at radius 1 is 1.45 bits per heavy atom. The highest BCUT2D eigenvalue weighted by molar-refractivity contribution is 7.89. The predicted octanol–water partition coefficient (Wildman–Crippen LogP) is 1.29. The molecule has 0 fully saturated rings. The summed E-state index contributed by atoms with van der Waals surface area (Å²) in [5, 5.41) is 2.02. The first-order chi connectivity index (χ1) is 9.52. The first-order valence-electron chi connectivity index (χ1n) is 6.43. The van der Waals surface area contributed by atoms with Crippen molar-refractivity contribution < 1.29 is 8.42 Å². The van der Waals surface area contributed by atoms with Crippen LogP contribution >= 0.6 is 11.3 Å². The van der Waals surface area contributed by atoms with E-state index in [4.69, 9.17) is 5.73 Å². The minimum Gasteiger partial charge on any atom is -0.352 e. The van der Waals surface area contributed by atoms with Gasteiger partial charge >= 0.3 is 0 Å². The average molecular weight is 311 g/mol. The van der Waals surface area contributed by atoms with Crippen LogP contribution in [0.5, 0.6) is 0 Å². The molecule has 0 amide bonds. The smallest absolute Gasteiger partial charge is 0.244 e. The van der Waals surface area contributed by atoms with Crippen LogP contribution in [-0.4, -0.2) is 23.8 Å². The zero-order valence-corrected chi connectivity index (χ0v) is 12.9. The lowest BCUT2D eigenvalue weighted by Crippen LogP contribution is -2.35. The van der Waals surface area contributed by atoms with Crippen LogP contribution < -0.4 is 5.73 Å². The molecule has 0 bridgehead atoms. The number of fused-ring (bicyclic) bond motifs is 1. The number of hydrogen-bond donors (Lipinski definition) is 1. The monoisotopic (exact) mass is 311 g/mol. The molecular weight excluding hydrogens is 294 g/mol. The van der Waals surface area contributed by atoms with Crippen LogP contribution in [0.15, 0.2) is 28.6 Å². The largest absolute Gasteiger partial charge is 0.352 e. The van der Waals surface area contributed by atoms with Crippen molar-refractivity contribution in [1.29, 1.82) is 0 Å². The molecule has 5 nitrogen and oxygen atoms in total. The maximum absolute atomic E-state index is 12.7. The highest BCUT2D eigenvalue weighted by atomic mass is 32.2. The van der Waals surface area contributed by atoms with Crippen LogP contribution in [0, 0.1) is 0 Å². The van der Waals surface area contributed by atoms with Gasteiger partial charge in [0.05, 0.1) is 0 Å². The van der Waals surface area contributed by atoms with Crippen molar-refractivity contribution in [1.82, 2.24) is 8.87 Å². The molecule has 1 aliphatic rings. The van der Waals surface area contributed by atoms with Gasteiger partial charge in [-0.05, 0) is 29.5 Å². The van der Waals surface area contributed by atoms with Gasteiger partial charge in [-0.15, -0.1) is 11.3 Å². The van der Waals surface area contributed by atoms with Crippen molar-refractivity contribution >= 4 is 21.4 Å². The Morgan fingerprint density at radius 3 is 2.95 bits per heavy atom. The number of nitrogens with two attached hydrogens (primary N) is 1. The van der Waals surface area contributed by atoms with Crippen molar-refractivity contribution in [3.8, 4) is 0 Å². The van der Waals surface area contributed by atoms with E-state index in [2.05, 4.69) is 0 Å². The van der Waals surface area contributed by atoms with E-state index in [0.717, 1.165) is 17.7 Å². The maximum atomic E-state index is 12.7. The molecule has 2 aromatic heterocycles. The third kappa shape index (κ3) is 2.20. The second kappa shape index (κ2) is 5.00. The molecule has 0 saturated heterocycles. The molecule has 2 N–H and O–H groups in total. The van der Waals surface area contributed by atoms with Gasteiger partial charge in [-0.25, -0.2) is 8.42 Å². The number of rotatable bonds is 3. The van der Waals surface area contributed by atoms with Gasteiger partial charge in [0.1, 0.15) is 4.90 Å². The fourth-order valence-electron chi connectivity index (χ4n) is 2.50. The molecule has 0 aromatic carbocycles. The summed E-state index contributed by atoms with van der Waals surface area (Å²) in [7, 11) is -1.62. The van der Waals surface area contributed by atoms with E-state index in [1.165, 1.54) is 4.88 Å². The summed E-state index contributed by atoms with van der Waals surface area (Å²) < 4.78 is 28.7. The third-order valence-electron chi connectivity index (χ3n) is 3.70. The molecule has 0 saturated carbocycles. The number of hydrogen-bond acceptors (Lipinski definition) is 4. The summed E-state index contributed by atoms with van der Waals surface area (Å²) >= 11 is 1.70. The van der Waals surface area contributed by atoms with Gasteiger partial charge in [-0.3, -0.25) is 0 Å². The van der Waals surface area contributed by atoms with Crippen molar-refractivity contribution in [2.45, 2.75) is 24.4 Å². The second-order valence-corrected chi connectivity index (χ2v) is 7.88. The number of nitrogens with zero attached hydrogens (tertiary/aromatic N) is 2. The highest BCUT2D eigenvalue weighted by Crippen LogP contribution is 2.28. The molecule has 0 unspecified atom stereocenters. The molecule has 3 rings (SSSR count). The standard InChI is InChI=1S/C13H17N3O2S2/c1-15-9-12(6-11(15)7-14)20(17,18)16-4-2-13-10(8-16)3-5-19-13/h3,5-6,9H,2,4,7-8,14H2,1H3. The van der Waals surface area contributed by atoms with E-state index in [1.54, 1.807) is 32.5 Å². The van der Waals surface area contributed by atoms with Crippen LogP contribution in [0.4, 0.5) is 0 Å². The van der Waals surface area contributed by atoms with Crippen LogP contribution in [0.2, 0.25) is 0 Å². The van der Waals surface area contributed by atoms with E-state index in [0.29, 0.717) is 24.5 Å². The molecule has 2 aromatic rings. The lowest BCUT2D eigenvalue weighted by molar-refractivity contribution is 0.394. The minimum absolute atomic E-state index is 0.333. The van der Waals surface area contributed by atoms with Gasteiger partial charge in [0.2, 0.25) is 10.0 Å². The van der Waals surface area contributed by atoms with Gasteiger partial charge in [-0.1, -0.05) is 0 Å². The Kier molecular flexibility index (Phi) is 3.45. The topological polar surface area (TPSA) is 68.3 Å². The van der Waals surface area contributed by atoms with Crippen molar-refractivity contribution in [2.75, 3.05) is 6.54 Å². The zero-order chi connectivity index (χ0) is 14.3. The first kappa shape index (κ1) is 13.8. The normalized spacial score (nSPS) is 16.3. The van der Waals surface area contributed by atoms with E-state index in [9.17, 15) is 8.42 Å². The summed E-state index contributed by atoms with van der Waals surface area (Å²) in [5.74, 6) is 0. The van der Waals surface area contributed by atoms with Gasteiger partial charge in [-0.2, -0.15) is 4.31 Å². The summed E-state index contributed by atoms with van der Waals surface area (Å²) in [6.45, 7) is 1.34. The summed E-state index contributed by atoms with van der Waals surface area (Å²) in [5.41, 5.74) is 7.55. The van der Waals surface area contributed by atoms with Gasteiger partial charge in [0.15, 0.2) is 0 Å². The Labute approximate surface area is 122 Å². The van der Waals surface area contributed by atoms with Gasteiger partial charge < -0.3 is 10.3 Å². The Bertz CT molecular complexity index is 731. The van der Waals surface area contributed by atoms with Crippen molar-refractivity contribution in [3.05, 3.63) is 39.8 Å². The molecule has 20 heavy (non-hydrogen) atoms. The Balaban J connectivity index is 1.92. The van der Waals surface area contributed by atoms with Gasteiger partial charge in [0, 0.05) is 43.4 Å². The Hall–Kier alpha value is -1.15. The van der Waals surface area contributed by atoms with E-state index in [-0.39, 0.29) is 0 Å². The quantitative estimate of drug-likeness (QED) is 0.929. The average Bonchev–Trinajstić information content (AvgIpc) is 3.03. The van der Waals surface area contributed by atoms with Crippen LogP contribution in [-0.2, 0) is 36.6 Å². The SMILES string of the molecule is Cn1cc(S(=O)(=O)N2CCc3sccc3C2)cc1CN. The molecule has 0 atom stereocenters.